The molecule has 1 aliphatic carbocycles. The fourth-order valence-electron chi connectivity index (χ4n) is 3.13. The Balaban J connectivity index is 1.61. The molecule has 1 fully saturated rings. The van der Waals surface area contributed by atoms with Gasteiger partial charge in [0.15, 0.2) is 0 Å². The summed E-state index contributed by atoms with van der Waals surface area (Å²) in [5.41, 5.74) is 1.85. The molecule has 1 saturated heterocycles. The molecule has 0 radical (unpaired) electrons. The average molecular weight is 324 g/mol. The van der Waals surface area contributed by atoms with Crippen LogP contribution >= 0.6 is 0 Å². The third-order valence-electron chi connectivity index (χ3n) is 4.31. The first-order chi connectivity index (χ1) is 10.5. The molecular weight excluding hydrogens is 304 g/mol. The Hall–Kier alpha value is -1.44. The van der Waals surface area contributed by atoms with Crippen molar-refractivity contribution in [3.63, 3.8) is 0 Å². The van der Waals surface area contributed by atoms with Gasteiger partial charge in [0.05, 0.1) is 24.4 Å². The number of sulfonamides is 1. The fraction of sp³-hybridized carbons (Fsp3) is 0.533. The number of hydrogen-bond donors (Lipinski definition) is 2. The lowest BCUT2D eigenvalue weighted by Crippen LogP contribution is -2.47. The molecule has 3 rings (SSSR count). The van der Waals surface area contributed by atoms with Gasteiger partial charge in [-0.1, -0.05) is 24.3 Å². The number of benzene rings is 1. The number of carbonyl (C=O) groups is 1. The summed E-state index contributed by atoms with van der Waals surface area (Å²) in [4.78, 5) is 12.1. The largest absolute Gasteiger partial charge is 0.386 e. The highest BCUT2D eigenvalue weighted by Gasteiger charge is 2.33. The van der Waals surface area contributed by atoms with E-state index >= 15 is 0 Å². The molecule has 0 unspecified atom stereocenters. The molecule has 1 amide bonds. The van der Waals surface area contributed by atoms with E-state index in [2.05, 4.69) is 5.32 Å². The Kier molecular flexibility index (Phi) is 4.20. The number of aliphatic hydroxyl groups is 1. The number of hydrogen-bond acceptors (Lipinski definition) is 4. The van der Waals surface area contributed by atoms with Crippen molar-refractivity contribution in [1.29, 1.82) is 0 Å². The van der Waals surface area contributed by atoms with Crippen LogP contribution in [0.2, 0.25) is 0 Å². The summed E-state index contributed by atoms with van der Waals surface area (Å²) in [6.07, 6.45) is 1.26. The van der Waals surface area contributed by atoms with Gasteiger partial charge in [0.1, 0.15) is 0 Å². The van der Waals surface area contributed by atoms with E-state index in [0.29, 0.717) is 19.4 Å². The van der Waals surface area contributed by atoms with Crippen LogP contribution in [-0.2, 0) is 21.2 Å². The highest BCUT2D eigenvalue weighted by Crippen LogP contribution is 2.30. The van der Waals surface area contributed by atoms with Crippen LogP contribution in [0.3, 0.4) is 0 Å². The molecule has 120 valence electrons. The number of carbonyl (C=O) groups excluding carboxylic acids is 1. The zero-order valence-electron chi connectivity index (χ0n) is 12.2. The number of fused-ring (bicyclic) bond motifs is 1. The van der Waals surface area contributed by atoms with Gasteiger partial charge in [-0.15, -0.1) is 0 Å². The van der Waals surface area contributed by atoms with Gasteiger partial charge in [-0.2, -0.15) is 4.31 Å². The minimum Gasteiger partial charge on any atom is -0.386 e. The lowest BCUT2D eigenvalue weighted by atomic mass is 10.1. The summed E-state index contributed by atoms with van der Waals surface area (Å²) in [6, 6.07) is 7.14. The molecule has 22 heavy (non-hydrogen) atoms. The Morgan fingerprint density at radius 1 is 1.32 bits per heavy atom. The first-order valence-electron chi connectivity index (χ1n) is 7.50. The smallest absolute Gasteiger partial charge is 0.235 e. The molecule has 2 aliphatic rings. The molecule has 2 N–H and O–H groups in total. The second kappa shape index (κ2) is 5.98. The van der Waals surface area contributed by atoms with Crippen LogP contribution in [0.25, 0.3) is 0 Å². The summed E-state index contributed by atoms with van der Waals surface area (Å²) in [6.45, 7) is 0.227. The predicted molar refractivity (Wildman–Crippen MR) is 81.6 cm³/mol. The normalized spacial score (nSPS) is 27.3. The second-order valence-electron chi connectivity index (χ2n) is 5.88. The molecule has 0 bridgehead atoms. The van der Waals surface area contributed by atoms with Gasteiger partial charge in [-0.05, 0) is 30.4 Å². The van der Waals surface area contributed by atoms with Gasteiger partial charge in [0.2, 0.25) is 15.9 Å². The van der Waals surface area contributed by atoms with Crippen LogP contribution in [0, 0.1) is 0 Å². The fourth-order valence-corrected chi connectivity index (χ4v) is 4.68. The van der Waals surface area contributed by atoms with Crippen molar-refractivity contribution in [2.45, 2.75) is 31.4 Å². The summed E-state index contributed by atoms with van der Waals surface area (Å²) in [7, 11) is -3.31. The van der Waals surface area contributed by atoms with Crippen molar-refractivity contribution in [3.8, 4) is 0 Å². The predicted octanol–water partition coefficient (Wildman–Crippen LogP) is 0.187. The van der Waals surface area contributed by atoms with Gasteiger partial charge in [0, 0.05) is 6.54 Å². The minimum atomic E-state index is -3.31. The number of nitrogens with zero attached hydrogens (tertiary/aromatic N) is 1. The summed E-state index contributed by atoms with van der Waals surface area (Å²) < 4.78 is 25.0. The maximum atomic E-state index is 12.1. The molecule has 2 atom stereocenters. The molecule has 6 nitrogen and oxygen atoms in total. The summed E-state index contributed by atoms with van der Waals surface area (Å²) in [5, 5.41) is 13.0. The van der Waals surface area contributed by atoms with Gasteiger partial charge in [-0.3, -0.25) is 4.79 Å². The number of nitrogens with one attached hydrogen (secondary N) is 1. The van der Waals surface area contributed by atoms with Crippen LogP contribution in [0.4, 0.5) is 0 Å². The summed E-state index contributed by atoms with van der Waals surface area (Å²) in [5.74, 6) is -0.250. The van der Waals surface area contributed by atoms with E-state index in [1.54, 1.807) is 0 Å². The molecule has 0 aromatic heterocycles. The Morgan fingerprint density at radius 3 is 2.82 bits per heavy atom. The second-order valence-corrected chi connectivity index (χ2v) is 7.97. The van der Waals surface area contributed by atoms with E-state index in [4.69, 9.17) is 0 Å². The van der Waals surface area contributed by atoms with E-state index < -0.39 is 22.2 Å². The van der Waals surface area contributed by atoms with Gasteiger partial charge in [-0.25, -0.2) is 8.42 Å². The minimum absolute atomic E-state index is 0.109. The van der Waals surface area contributed by atoms with Gasteiger partial charge < -0.3 is 10.4 Å². The molecule has 1 aromatic rings. The third kappa shape index (κ3) is 3.02. The summed E-state index contributed by atoms with van der Waals surface area (Å²) >= 11 is 0. The van der Waals surface area contributed by atoms with E-state index in [9.17, 15) is 18.3 Å². The average Bonchev–Trinajstić information content (AvgIpc) is 2.78. The maximum absolute atomic E-state index is 12.1. The van der Waals surface area contributed by atoms with Crippen molar-refractivity contribution < 1.29 is 18.3 Å². The van der Waals surface area contributed by atoms with E-state index in [-0.39, 0.29) is 18.2 Å². The molecule has 0 spiro atoms. The number of aliphatic hydroxyl groups excluding tert-OH is 1. The van der Waals surface area contributed by atoms with Crippen LogP contribution in [-0.4, -0.2) is 48.6 Å². The lowest BCUT2D eigenvalue weighted by molar-refractivity contribution is -0.122. The molecule has 0 saturated carbocycles. The van der Waals surface area contributed by atoms with Crippen molar-refractivity contribution in [2.24, 2.45) is 0 Å². The van der Waals surface area contributed by atoms with Crippen molar-refractivity contribution in [3.05, 3.63) is 35.4 Å². The van der Waals surface area contributed by atoms with Gasteiger partial charge in [0.25, 0.3) is 0 Å². The molecule has 1 aromatic carbocycles. The van der Waals surface area contributed by atoms with E-state index in [1.165, 1.54) is 4.31 Å². The van der Waals surface area contributed by atoms with Crippen molar-refractivity contribution >= 4 is 15.9 Å². The first-order valence-corrected chi connectivity index (χ1v) is 9.11. The van der Waals surface area contributed by atoms with Crippen LogP contribution in [0.1, 0.15) is 30.1 Å². The highest BCUT2D eigenvalue weighted by atomic mass is 32.2. The topological polar surface area (TPSA) is 86.7 Å². The van der Waals surface area contributed by atoms with Crippen molar-refractivity contribution in [2.75, 3.05) is 18.8 Å². The quantitative estimate of drug-likeness (QED) is 0.831. The zero-order valence-corrected chi connectivity index (χ0v) is 13.1. The Labute approximate surface area is 130 Å². The Bertz CT molecular complexity index is 674. The number of amides is 1. The van der Waals surface area contributed by atoms with Crippen LogP contribution < -0.4 is 5.32 Å². The molecule has 1 aliphatic heterocycles. The highest BCUT2D eigenvalue weighted by molar-refractivity contribution is 7.89. The standard InChI is InChI=1S/C15H20N2O4S/c18-14(10-17-7-3-4-8-22(17,20)21)16-13-9-11-5-1-2-6-12(11)15(13)19/h1-2,5-6,13,15,19H,3-4,7-10H2,(H,16,18)/t13-,15-/m0/s1. The SMILES string of the molecule is O=C(CN1CCCCS1(=O)=O)N[C@H]1Cc2ccccc2[C@@H]1O. The van der Waals surface area contributed by atoms with Crippen LogP contribution in [0.5, 0.6) is 0 Å². The zero-order chi connectivity index (χ0) is 15.7. The first kappa shape index (κ1) is 15.5. The van der Waals surface area contributed by atoms with E-state index in [1.807, 2.05) is 24.3 Å². The maximum Gasteiger partial charge on any atom is 0.235 e. The molecular formula is C15H20N2O4S. The van der Waals surface area contributed by atoms with E-state index in [0.717, 1.165) is 17.5 Å². The molecule has 1 heterocycles. The monoisotopic (exact) mass is 324 g/mol. The molecule has 7 heteroatoms. The van der Waals surface area contributed by atoms with Crippen molar-refractivity contribution in [1.82, 2.24) is 9.62 Å². The Morgan fingerprint density at radius 2 is 2.09 bits per heavy atom. The van der Waals surface area contributed by atoms with Crippen LogP contribution in [0.15, 0.2) is 24.3 Å². The van der Waals surface area contributed by atoms with Gasteiger partial charge >= 0.3 is 0 Å². The number of rotatable bonds is 3. The lowest BCUT2D eigenvalue weighted by Gasteiger charge is -2.26. The third-order valence-corrected chi connectivity index (χ3v) is 6.22.